The Morgan fingerprint density at radius 3 is 2.64 bits per heavy atom. The Bertz CT molecular complexity index is 950. The topological polar surface area (TPSA) is 109 Å². The normalized spacial score (nSPS) is 10.7. The first kappa shape index (κ1) is 21.0. The van der Waals surface area contributed by atoms with Crippen molar-refractivity contribution in [3.8, 4) is 17.6 Å². The van der Waals surface area contributed by atoms with Crippen LogP contribution in [0.2, 0.25) is 0 Å². The van der Waals surface area contributed by atoms with E-state index in [1.165, 1.54) is 12.1 Å². The molecule has 0 bridgehead atoms. The Kier molecular flexibility index (Phi) is 7.60. The average molecular weight is 445 g/mol. The molecular formula is C20H17BrN2O5. The molecule has 0 saturated carbocycles. The molecule has 2 rings (SSSR count). The van der Waals surface area contributed by atoms with Gasteiger partial charge in [-0.2, -0.15) is 5.26 Å². The van der Waals surface area contributed by atoms with Gasteiger partial charge < -0.3 is 19.9 Å². The van der Waals surface area contributed by atoms with Gasteiger partial charge in [-0.05, 0) is 48.9 Å². The van der Waals surface area contributed by atoms with E-state index < -0.39 is 18.5 Å². The molecule has 7 nitrogen and oxygen atoms in total. The van der Waals surface area contributed by atoms with E-state index in [1.807, 2.05) is 12.1 Å². The highest BCUT2D eigenvalue weighted by atomic mass is 79.9. The fourth-order valence-electron chi connectivity index (χ4n) is 2.22. The van der Waals surface area contributed by atoms with Crippen molar-refractivity contribution < 1.29 is 24.2 Å². The quantitative estimate of drug-likeness (QED) is 0.472. The van der Waals surface area contributed by atoms with Crippen LogP contribution in [0.3, 0.4) is 0 Å². The summed E-state index contributed by atoms with van der Waals surface area (Å²) in [7, 11) is 0. The van der Waals surface area contributed by atoms with E-state index in [9.17, 15) is 14.9 Å². The molecule has 8 heteroatoms. The number of nitrogens with one attached hydrogen (secondary N) is 1. The number of nitrogens with zero attached hydrogens (tertiary/aromatic N) is 1. The predicted octanol–water partition coefficient (Wildman–Crippen LogP) is 3.86. The number of hydrogen-bond donors (Lipinski definition) is 2. The third kappa shape index (κ3) is 6.14. The number of amides is 1. The lowest BCUT2D eigenvalue weighted by molar-refractivity contribution is -0.139. The first-order valence-electron chi connectivity index (χ1n) is 8.23. The van der Waals surface area contributed by atoms with Crippen LogP contribution in [0.4, 0.5) is 5.69 Å². The summed E-state index contributed by atoms with van der Waals surface area (Å²) in [6.07, 6.45) is 1.41. The van der Waals surface area contributed by atoms with Gasteiger partial charge in [0.05, 0.1) is 6.61 Å². The van der Waals surface area contributed by atoms with Gasteiger partial charge in [-0.3, -0.25) is 4.79 Å². The van der Waals surface area contributed by atoms with Crippen molar-refractivity contribution in [3.63, 3.8) is 0 Å². The third-order valence-corrected chi connectivity index (χ3v) is 3.87. The molecule has 2 aromatic carbocycles. The Balaban J connectivity index is 2.24. The Labute approximate surface area is 170 Å². The zero-order valence-corrected chi connectivity index (χ0v) is 16.5. The van der Waals surface area contributed by atoms with Crippen molar-refractivity contribution in [1.82, 2.24) is 0 Å². The molecule has 0 spiro atoms. The van der Waals surface area contributed by atoms with Crippen molar-refractivity contribution >= 4 is 39.6 Å². The molecule has 2 N–H and O–H groups in total. The van der Waals surface area contributed by atoms with Gasteiger partial charge in [0.1, 0.15) is 11.6 Å². The zero-order chi connectivity index (χ0) is 20.5. The van der Waals surface area contributed by atoms with Gasteiger partial charge in [-0.1, -0.05) is 28.1 Å². The fraction of sp³-hybridized carbons (Fsp3) is 0.150. The number of carbonyl (C=O) groups is 2. The molecular weight excluding hydrogens is 428 g/mol. The average Bonchev–Trinajstić information content (AvgIpc) is 2.65. The van der Waals surface area contributed by atoms with Gasteiger partial charge in [0.15, 0.2) is 18.1 Å². The third-order valence-electron chi connectivity index (χ3n) is 3.38. The maximum absolute atomic E-state index is 12.4. The van der Waals surface area contributed by atoms with Crippen LogP contribution in [-0.4, -0.2) is 30.2 Å². The molecule has 144 valence electrons. The summed E-state index contributed by atoms with van der Waals surface area (Å²) in [4.78, 5) is 23.1. The van der Waals surface area contributed by atoms with Gasteiger partial charge in [-0.25, -0.2) is 4.79 Å². The molecule has 0 aliphatic carbocycles. The molecule has 0 aromatic heterocycles. The molecule has 28 heavy (non-hydrogen) atoms. The number of carboxylic acid groups (broad SMARTS) is 1. The molecule has 0 fully saturated rings. The number of rotatable bonds is 8. The SMILES string of the molecule is CCOc1cc(/C=C(\C#N)C(=O)Nc2cccc(Br)c2)ccc1OCC(=O)O. The van der Waals surface area contributed by atoms with Crippen molar-refractivity contribution in [3.05, 3.63) is 58.1 Å². The second-order valence-corrected chi connectivity index (χ2v) is 6.37. The second kappa shape index (κ2) is 10.1. The summed E-state index contributed by atoms with van der Waals surface area (Å²) in [5.74, 6) is -1.08. The number of carbonyl (C=O) groups excluding carboxylic acids is 1. The van der Waals surface area contributed by atoms with Crippen LogP contribution >= 0.6 is 15.9 Å². The first-order valence-corrected chi connectivity index (χ1v) is 9.02. The standard InChI is InChI=1S/C20H17BrN2O5/c1-2-27-18-9-13(6-7-17(18)28-12-19(24)25)8-14(11-22)20(26)23-16-5-3-4-15(21)10-16/h3-10H,2,12H2,1H3,(H,23,26)(H,24,25)/b14-8+. The number of ether oxygens (including phenoxy) is 2. The molecule has 0 heterocycles. The summed E-state index contributed by atoms with van der Waals surface area (Å²) in [6, 6.07) is 13.6. The minimum atomic E-state index is -1.11. The zero-order valence-electron chi connectivity index (χ0n) is 14.9. The van der Waals surface area contributed by atoms with Crippen LogP contribution in [0.15, 0.2) is 52.5 Å². The lowest BCUT2D eigenvalue weighted by atomic mass is 10.1. The Hall–Kier alpha value is -3.31. The Morgan fingerprint density at radius 2 is 2.00 bits per heavy atom. The van der Waals surface area contributed by atoms with Crippen molar-refractivity contribution in [2.45, 2.75) is 6.92 Å². The number of nitriles is 1. The number of aliphatic carboxylic acids is 1. The largest absolute Gasteiger partial charge is 0.490 e. The van der Waals surface area contributed by atoms with Crippen molar-refractivity contribution in [2.24, 2.45) is 0 Å². The molecule has 1 amide bonds. The summed E-state index contributed by atoms with van der Waals surface area (Å²) in [5, 5.41) is 20.8. The van der Waals surface area contributed by atoms with E-state index >= 15 is 0 Å². The van der Waals surface area contributed by atoms with Crippen LogP contribution in [0.5, 0.6) is 11.5 Å². The van der Waals surface area contributed by atoms with Crippen LogP contribution in [0, 0.1) is 11.3 Å². The maximum atomic E-state index is 12.4. The van der Waals surface area contributed by atoms with Crippen molar-refractivity contribution in [2.75, 3.05) is 18.5 Å². The number of hydrogen-bond acceptors (Lipinski definition) is 5. The summed E-state index contributed by atoms with van der Waals surface area (Å²) in [6.45, 7) is 1.61. The number of benzene rings is 2. The van der Waals surface area contributed by atoms with Gasteiger partial charge in [-0.15, -0.1) is 0 Å². The van der Waals surface area contributed by atoms with E-state index in [2.05, 4.69) is 21.2 Å². The molecule has 0 aliphatic rings. The highest BCUT2D eigenvalue weighted by Gasteiger charge is 2.12. The highest BCUT2D eigenvalue weighted by molar-refractivity contribution is 9.10. The lowest BCUT2D eigenvalue weighted by Crippen LogP contribution is -2.13. The highest BCUT2D eigenvalue weighted by Crippen LogP contribution is 2.29. The minimum Gasteiger partial charge on any atom is -0.490 e. The molecule has 0 unspecified atom stereocenters. The lowest BCUT2D eigenvalue weighted by Gasteiger charge is -2.11. The van der Waals surface area contributed by atoms with E-state index in [0.717, 1.165) is 4.47 Å². The molecule has 0 radical (unpaired) electrons. The van der Waals surface area contributed by atoms with Crippen LogP contribution in [0.25, 0.3) is 6.08 Å². The second-order valence-electron chi connectivity index (χ2n) is 5.46. The first-order chi connectivity index (χ1) is 13.4. The Morgan fingerprint density at radius 1 is 1.21 bits per heavy atom. The molecule has 0 saturated heterocycles. The van der Waals surface area contributed by atoms with Crippen LogP contribution in [-0.2, 0) is 9.59 Å². The molecule has 2 aromatic rings. The van der Waals surface area contributed by atoms with E-state index in [1.54, 1.807) is 37.3 Å². The maximum Gasteiger partial charge on any atom is 0.341 e. The molecule has 0 atom stereocenters. The van der Waals surface area contributed by atoms with Crippen LogP contribution < -0.4 is 14.8 Å². The summed E-state index contributed by atoms with van der Waals surface area (Å²) in [5.41, 5.74) is 0.988. The number of anilines is 1. The van der Waals surface area contributed by atoms with Gasteiger partial charge >= 0.3 is 5.97 Å². The monoisotopic (exact) mass is 444 g/mol. The predicted molar refractivity (Wildman–Crippen MR) is 107 cm³/mol. The van der Waals surface area contributed by atoms with Gasteiger partial charge in [0.25, 0.3) is 5.91 Å². The smallest absolute Gasteiger partial charge is 0.341 e. The number of halogens is 1. The van der Waals surface area contributed by atoms with E-state index in [-0.39, 0.29) is 11.3 Å². The number of carboxylic acids is 1. The van der Waals surface area contributed by atoms with Gasteiger partial charge in [0.2, 0.25) is 0 Å². The summed E-state index contributed by atoms with van der Waals surface area (Å²) >= 11 is 3.32. The minimum absolute atomic E-state index is 0.0957. The van der Waals surface area contributed by atoms with Gasteiger partial charge in [0, 0.05) is 10.2 Å². The van der Waals surface area contributed by atoms with E-state index in [0.29, 0.717) is 23.6 Å². The van der Waals surface area contributed by atoms with E-state index in [4.69, 9.17) is 14.6 Å². The molecule has 0 aliphatic heterocycles. The fourth-order valence-corrected chi connectivity index (χ4v) is 2.62. The summed E-state index contributed by atoms with van der Waals surface area (Å²) < 4.78 is 11.4. The van der Waals surface area contributed by atoms with Crippen LogP contribution in [0.1, 0.15) is 12.5 Å². The van der Waals surface area contributed by atoms with Crippen molar-refractivity contribution in [1.29, 1.82) is 5.26 Å².